The molecule has 3 aromatic heterocycles. The molecule has 0 saturated carbocycles. The molecule has 13 heteroatoms. The van der Waals surface area contributed by atoms with Gasteiger partial charge in [-0.2, -0.15) is 8.78 Å². The van der Waals surface area contributed by atoms with Crippen molar-refractivity contribution in [1.29, 1.82) is 0 Å². The van der Waals surface area contributed by atoms with Crippen LogP contribution in [0, 0.1) is 6.92 Å². The van der Waals surface area contributed by atoms with E-state index in [4.69, 9.17) is 4.98 Å². The normalized spacial score (nSPS) is 15.3. The number of aromatic amines is 2. The predicted molar refractivity (Wildman–Crippen MR) is 162 cm³/mol. The fraction of sp³-hybridized carbons (Fsp3) is 0.300. The Bertz CT molecular complexity index is 1880. The number of hydrogen-bond acceptors (Lipinski definition) is 7. The van der Waals surface area contributed by atoms with Crippen molar-refractivity contribution < 1.29 is 21.9 Å². The number of aryl methyl sites for hydroxylation is 1. The average molecular weight is 608 g/mol. The summed E-state index contributed by atoms with van der Waals surface area (Å²) in [4.78, 5) is 23.0. The number of piperidine rings is 1. The maximum atomic E-state index is 12.7. The van der Waals surface area contributed by atoms with Crippen LogP contribution in [0.3, 0.4) is 0 Å². The lowest BCUT2D eigenvalue weighted by molar-refractivity contribution is -0.0498. The van der Waals surface area contributed by atoms with Gasteiger partial charge < -0.3 is 19.6 Å². The monoisotopic (exact) mass is 607 g/mol. The molecule has 0 bridgehead atoms. The van der Waals surface area contributed by atoms with Crippen molar-refractivity contribution in [3.63, 3.8) is 0 Å². The Morgan fingerprint density at radius 2 is 1.77 bits per heavy atom. The van der Waals surface area contributed by atoms with Crippen molar-refractivity contribution in [3.8, 4) is 28.3 Å². The first-order valence-electron chi connectivity index (χ1n) is 13.8. The number of imidazole rings is 1. The molecule has 1 saturated heterocycles. The minimum atomic E-state index is -3.35. The molecule has 0 radical (unpaired) electrons. The zero-order chi connectivity index (χ0) is 30.4. The predicted octanol–water partition coefficient (Wildman–Crippen LogP) is 5.85. The molecule has 0 amide bonds. The van der Waals surface area contributed by atoms with Crippen molar-refractivity contribution in [1.82, 2.24) is 24.9 Å². The van der Waals surface area contributed by atoms with Gasteiger partial charge in [-0.1, -0.05) is 31.2 Å². The van der Waals surface area contributed by atoms with Gasteiger partial charge >= 0.3 is 6.61 Å². The van der Waals surface area contributed by atoms with E-state index in [1.807, 2.05) is 31.2 Å². The lowest BCUT2D eigenvalue weighted by Gasteiger charge is -2.38. The highest BCUT2D eigenvalue weighted by Gasteiger charge is 2.36. The SMILES string of the molecule is Cc1nc(C2(C)CCN(c3ncnc4[nH]c(-c5ccc(NS(C)(=O)=O)cc5)cc34)CC2)[nH]c1-c1cccc(OC(F)F)c1. The highest BCUT2D eigenvalue weighted by molar-refractivity contribution is 7.92. The van der Waals surface area contributed by atoms with Crippen molar-refractivity contribution in [2.24, 2.45) is 0 Å². The molecule has 224 valence electrons. The Morgan fingerprint density at radius 3 is 2.47 bits per heavy atom. The van der Waals surface area contributed by atoms with E-state index in [0.29, 0.717) is 5.69 Å². The topological polar surface area (TPSA) is 129 Å². The molecule has 0 spiro atoms. The third kappa shape index (κ3) is 6.03. The van der Waals surface area contributed by atoms with Gasteiger partial charge in [0.25, 0.3) is 0 Å². The van der Waals surface area contributed by atoms with E-state index in [1.165, 1.54) is 6.07 Å². The van der Waals surface area contributed by atoms with Crippen LogP contribution in [0.25, 0.3) is 33.5 Å². The lowest BCUT2D eigenvalue weighted by atomic mass is 9.79. The molecular weight excluding hydrogens is 576 g/mol. The Morgan fingerprint density at radius 1 is 1.02 bits per heavy atom. The standard InChI is InChI=1S/C30H31F2N7O3S/c1-18-25(20-5-4-6-22(15-20)42-29(31)32)37-28(35-18)30(2)11-13-39(14-12-30)27-23-16-24(36-26(23)33-17-34-27)19-7-9-21(10-8-19)38-43(3,40)41/h4-10,15-17,29,38H,11-14H2,1-3H3,(H,35,37)(H,33,34,36). The first-order valence-corrected chi connectivity index (χ1v) is 15.7. The van der Waals surface area contributed by atoms with Crippen LogP contribution in [0.15, 0.2) is 60.9 Å². The first-order chi connectivity index (χ1) is 20.5. The van der Waals surface area contributed by atoms with Crippen LogP contribution in [0.1, 0.15) is 31.3 Å². The highest BCUT2D eigenvalue weighted by atomic mass is 32.2. The molecule has 2 aromatic carbocycles. The molecule has 1 fully saturated rings. The van der Waals surface area contributed by atoms with Crippen LogP contribution in [0.2, 0.25) is 0 Å². The number of H-pyrrole nitrogens is 2. The van der Waals surface area contributed by atoms with E-state index in [1.54, 1.807) is 30.6 Å². The highest BCUT2D eigenvalue weighted by Crippen LogP contribution is 2.38. The number of aromatic nitrogens is 5. The van der Waals surface area contributed by atoms with Crippen LogP contribution >= 0.6 is 0 Å². The van der Waals surface area contributed by atoms with Gasteiger partial charge in [-0.3, -0.25) is 4.72 Å². The van der Waals surface area contributed by atoms with Crippen LogP contribution in [-0.2, 0) is 15.4 Å². The van der Waals surface area contributed by atoms with E-state index in [9.17, 15) is 17.2 Å². The summed E-state index contributed by atoms with van der Waals surface area (Å²) in [7, 11) is -3.35. The van der Waals surface area contributed by atoms with Crippen LogP contribution in [0.4, 0.5) is 20.3 Å². The van der Waals surface area contributed by atoms with E-state index < -0.39 is 16.6 Å². The number of ether oxygens (including phenoxy) is 1. The van der Waals surface area contributed by atoms with E-state index in [2.05, 4.69) is 41.2 Å². The fourth-order valence-corrected chi connectivity index (χ4v) is 6.13. The van der Waals surface area contributed by atoms with Gasteiger partial charge in [-0.15, -0.1) is 0 Å². The molecule has 43 heavy (non-hydrogen) atoms. The number of benzene rings is 2. The summed E-state index contributed by atoms with van der Waals surface area (Å²) in [6.07, 6.45) is 4.32. The molecule has 1 aliphatic rings. The maximum Gasteiger partial charge on any atom is 0.387 e. The lowest BCUT2D eigenvalue weighted by Crippen LogP contribution is -2.42. The van der Waals surface area contributed by atoms with Crippen molar-refractivity contribution in [2.45, 2.75) is 38.7 Å². The van der Waals surface area contributed by atoms with Gasteiger partial charge in [0, 0.05) is 35.4 Å². The zero-order valence-corrected chi connectivity index (χ0v) is 24.7. The molecule has 0 unspecified atom stereocenters. The van der Waals surface area contributed by atoms with Gasteiger partial charge in [-0.25, -0.2) is 23.4 Å². The van der Waals surface area contributed by atoms with Crippen LogP contribution < -0.4 is 14.4 Å². The second-order valence-corrected chi connectivity index (χ2v) is 12.8. The van der Waals surface area contributed by atoms with Gasteiger partial charge in [0.2, 0.25) is 10.0 Å². The number of anilines is 2. The Labute approximate surface area is 247 Å². The molecule has 0 atom stereocenters. The third-order valence-electron chi connectivity index (χ3n) is 7.87. The molecule has 1 aliphatic heterocycles. The number of rotatable bonds is 8. The summed E-state index contributed by atoms with van der Waals surface area (Å²) in [5, 5.41) is 0.904. The summed E-state index contributed by atoms with van der Waals surface area (Å²) < 4.78 is 55.6. The van der Waals surface area contributed by atoms with Gasteiger partial charge in [0.05, 0.1) is 23.0 Å². The summed E-state index contributed by atoms with van der Waals surface area (Å²) in [5.74, 6) is 1.81. The Balaban J connectivity index is 1.20. The number of sulfonamides is 1. The molecule has 0 aliphatic carbocycles. The van der Waals surface area contributed by atoms with Gasteiger partial charge in [0.1, 0.15) is 29.4 Å². The Kier molecular flexibility index (Phi) is 7.28. The number of hydrogen-bond donors (Lipinski definition) is 3. The second kappa shape index (κ2) is 11.0. The average Bonchev–Trinajstić information content (AvgIpc) is 3.57. The quantitative estimate of drug-likeness (QED) is 0.202. The first kappa shape index (κ1) is 28.6. The van der Waals surface area contributed by atoms with Crippen molar-refractivity contribution >= 4 is 32.6 Å². The van der Waals surface area contributed by atoms with Crippen LogP contribution in [0.5, 0.6) is 5.75 Å². The second-order valence-electron chi connectivity index (χ2n) is 11.1. The summed E-state index contributed by atoms with van der Waals surface area (Å²) in [6, 6.07) is 15.8. The third-order valence-corrected chi connectivity index (χ3v) is 8.48. The number of halogens is 2. The van der Waals surface area contributed by atoms with Crippen molar-refractivity contribution in [3.05, 3.63) is 72.4 Å². The number of fused-ring (bicyclic) bond motifs is 1. The molecule has 6 rings (SSSR count). The van der Waals surface area contributed by atoms with E-state index in [-0.39, 0.29) is 11.2 Å². The Hall–Kier alpha value is -4.52. The number of nitrogens with zero attached hydrogens (tertiary/aromatic N) is 4. The molecule has 4 heterocycles. The smallest absolute Gasteiger partial charge is 0.387 e. The summed E-state index contributed by atoms with van der Waals surface area (Å²) in [6.45, 7) is 2.72. The largest absolute Gasteiger partial charge is 0.435 e. The molecule has 10 nitrogen and oxygen atoms in total. The van der Waals surface area contributed by atoms with E-state index >= 15 is 0 Å². The molecule has 5 aromatic rings. The zero-order valence-electron chi connectivity index (χ0n) is 23.9. The minimum Gasteiger partial charge on any atom is -0.435 e. The molecular formula is C30H31F2N7O3S. The maximum absolute atomic E-state index is 12.7. The van der Waals surface area contributed by atoms with Crippen molar-refractivity contribution in [2.75, 3.05) is 29.0 Å². The van der Waals surface area contributed by atoms with E-state index in [0.717, 1.165) is 83.1 Å². The van der Waals surface area contributed by atoms with Gasteiger partial charge in [0.15, 0.2) is 0 Å². The van der Waals surface area contributed by atoms with Crippen LogP contribution in [-0.4, -0.2) is 59.3 Å². The van der Waals surface area contributed by atoms with Gasteiger partial charge in [-0.05, 0) is 55.7 Å². The summed E-state index contributed by atoms with van der Waals surface area (Å²) >= 11 is 0. The molecule has 3 N–H and O–H groups in total. The fourth-order valence-electron chi connectivity index (χ4n) is 5.57. The number of nitrogens with one attached hydrogen (secondary N) is 3. The summed E-state index contributed by atoms with van der Waals surface area (Å²) in [5.41, 5.74) is 5.07. The number of alkyl halides is 2. The minimum absolute atomic E-state index is 0.104.